The SMILES string of the molecule is Cc1ccc(C2(c3ccc(C)c(O)c3)c3ccccc3-c3ccccc32)cc1O. The van der Waals surface area contributed by atoms with E-state index >= 15 is 0 Å². The molecule has 0 saturated carbocycles. The van der Waals surface area contributed by atoms with Gasteiger partial charge in [-0.15, -0.1) is 0 Å². The molecule has 0 aliphatic heterocycles. The summed E-state index contributed by atoms with van der Waals surface area (Å²) in [6.45, 7) is 3.81. The second-order valence-corrected chi connectivity index (χ2v) is 7.84. The molecule has 0 aromatic heterocycles. The highest BCUT2D eigenvalue weighted by Gasteiger charge is 2.46. The van der Waals surface area contributed by atoms with Crippen molar-refractivity contribution in [2.24, 2.45) is 0 Å². The van der Waals surface area contributed by atoms with Crippen LogP contribution in [0.3, 0.4) is 0 Å². The number of aryl methyl sites for hydroxylation is 2. The van der Waals surface area contributed by atoms with Crippen LogP contribution < -0.4 is 0 Å². The zero-order valence-electron chi connectivity index (χ0n) is 16.5. The molecule has 1 aliphatic rings. The summed E-state index contributed by atoms with van der Waals surface area (Å²) in [5, 5.41) is 21.1. The molecule has 0 spiro atoms. The molecule has 5 rings (SSSR count). The van der Waals surface area contributed by atoms with Crippen molar-refractivity contribution >= 4 is 0 Å². The lowest BCUT2D eigenvalue weighted by molar-refractivity contribution is 0.468. The van der Waals surface area contributed by atoms with Crippen LogP contribution in [0, 0.1) is 13.8 Å². The Morgan fingerprint density at radius 2 is 0.966 bits per heavy atom. The number of hydrogen-bond acceptors (Lipinski definition) is 2. The normalized spacial score (nSPS) is 13.7. The number of fused-ring (bicyclic) bond motifs is 3. The summed E-state index contributed by atoms with van der Waals surface area (Å²) in [4.78, 5) is 0. The molecular formula is C27H22O2. The fourth-order valence-corrected chi connectivity index (χ4v) is 4.71. The summed E-state index contributed by atoms with van der Waals surface area (Å²) in [5.74, 6) is 0.556. The lowest BCUT2D eigenvalue weighted by Crippen LogP contribution is -2.28. The summed E-state index contributed by atoms with van der Waals surface area (Å²) in [6, 6.07) is 28.7. The van der Waals surface area contributed by atoms with Crippen molar-refractivity contribution in [3.05, 3.63) is 118 Å². The van der Waals surface area contributed by atoms with Gasteiger partial charge in [-0.25, -0.2) is 0 Å². The lowest BCUT2D eigenvalue weighted by atomic mass is 9.67. The van der Waals surface area contributed by atoms with Gasteiger partial charge in [0.25, 0.3) is 0 Å². The molecule has 29 heavy (non-hydrogen) atoms. The highest BCUT2D eigenvalue weighted by Crippen LogP contribution is 2.56. The van der Waals surface area contributed by atoms with Crippen molar-refractivity contribution in [3.8, 4) is 22.6 Å². The first kappa shape index (κ1) is 17.6. The van der Waals surface area contributed by atoms with Crippen molar-refractivity contribution in [2.75, 3.05) is 0 Å². The Morgan fingerprint density at radius 3 is 1.38 bits per heavy atom. The van der Waals surface area contributed by atoms with Crippen molar-refractivity contribution in [3.63, 3.8) is 0 Å². The van der Waals surface area contributed by atoms with E-state index in [-0.39, 0.29) is 11.5 Å². The average Bonchev–Trinajstić information content (AvgIpc) is 3.04. The third kappa shape index (κ3) is 2.35. The molecule has 0 heterocycles. The van der Waals surface area contributed by atoms with Gasteiger partial charge in [-0.05, 0) is 70.5 Å². The monoisotopic (exact) mass is 378 g/mol. The molecule has 0 saturated heterocycles. The predicted octanol–water partition coefficient (Wildman–Crippen LogP) is 6.08. The average molecular weight is 378 g/mol. The van der Waals surface area contributed by atoms with Crippen LogP contribution in [0.2, 0.25) is 0 Å². The number of aromatic hydroxyl groups is 2. The molecule has 2 nitrogen and oxygen atoms in total. The first-order valence-electron chi connectivity index (χ1n) is 9.83. The van der Waals surface area contributed by atoms with Gasteiger partial charge in [0, 0.05) is 0 Å². The zero-order valence-corrected chi connectivity index (χ0v) is 16.5. The Balaban J connectivity index is 1.97. The summed E-state index contributed by atoms with van der Waals surface area (Å²) in [7, 11) is 0. The third-order valence-electron chi connectivity index (χ3n) is 6.24. The van der Waals surface area contributed by atoms with Gasteiger partial charge < -0.3 is 10.2 Å². The predicted molar refractivity (Wildman–Crippen MR) is 117 cm³/mol. The highest BCUT2D eigenvalue weighted by molar-refractivity contribution is 5.86. The maximum Gasteiger partial charge on any atom is 0.118 e. The zero-order chi connectivity index (χ0) is 20.2. The van der Waals surface area contributed by atoms with E-state index in [9.17, 15) is 10.2 Å². The van der Waals surface area contributed by atoms with E-state index in [4.69, 9.17) is 0 Å². The van der Waals surface area contributed by atoms with E-state index in [1.54, 1.807) is 0 Å². The molecule has 0 fully saturated rings. The van der Waals surface area contributed by atoms with Crippen LogP contribution >= 0.6 is 0 Å². The summed E-state index contributed by atoms with van der Waals surface area (Å²) < 4.78 is 0. The standard InChI is InChI=1S/C27H22O2/c1-17-11-13-19(15-25(17)28)27(20-14-12-18(2)26(29)16-20)23-9-5-3-7-21(23)22-8-4-6-10-24(22)27/h3-16,28-29H,1-2H3. The van der Waals surface area contributed by atoms with E-state index in [0.717, 1.165) is 33.4 Å². The van der Waals surface area contributed by atoms with Crippen LogP contribution in [0.4, 0.5) is 0 Å². The molecule has 0 radical (unpaired) electrons. The van der Waals surface area contributed by atoms with Crippen LogP contribution in [-0.2, 0) is 5.41 Å². The molecule has 4 aromatic carbocycles. The smallest absolute Gasteiger partial charge is 0.118 e. The number of hydrogen-bond donors (Lipinski definition) is 2. The van der Waals surface area contributed by atoms with Crippen molar-refractivity contribution in [1.29, 1.82) is 0 Å². The molecular weight excluding hydrogens is 356 g/mol. The summed E-state index contributed by atoms with van der Waals surface area (Å²) in [6.07, 6.45) is 0. The Kier molecular flexibility index (Phi) is 3.78. The van der Waals surface area contributed by atoms with Crippen molar-refractivity contribution < 1.29 is 10.2 Å². The van der Waals surface area contributed by atoms with Gasteiger partial charge in [-0.2, -0.15) is 0 Å². The fourth-order valence-electron chi connectivity index (χ4n) is 4.71. The van der Waals surface area contributed by atoms with E-state index in [1.165, 1.54) is 11.1 Å². The van der Waals surface area contributed by atoms with Crippen LogP contribution in [-0.4, -0.2) is 10.2 Å². The second kappa shape index (κ2) is 6.25. The first-order chi connectivity index (χ1) is 14.0. The molecule has 0 unspecified atom stereocenters. The van der Waals surface area contributed by atoms with Gasteiger partial charge >= 0.3 is 0 Å². The van der Waals surface area contributed by atoms with Gasteiger partial charge in [0.05, 0.1) is 5.41 Å². The van der Waals surface area contributed by atoms with Crippen LogP contribution in [0.15, 0.2) is 84.9 Å². The molecule has 0 amide bonds. The number of phenols is 2. The highest BCUT2D eigenvalue weighted by atomic mass is 16.3. The molecule has 2 heteroatoms. The van der Waals surface area contributed by atoms with Gasteiger partial charge in [0.2, 0.25) is 0 Å². The third-order valence-corrected chi connectivity index (χ3v) is 6.24. The summed E-state index contributed by atoms with van der Waals surface area (Å²) in [5.41, 5.74) is 7.74. The Hall–Kier alpha value is -3.52. The van der Waals surface area contributed by atoms with Crippen LogP contribution in [0.1, 0.15) is 33.4 Å². The Labute approximate surface area is 170 Å². The van der Waals surface area contributed by atoms with Gasteiger partial charge in [0.1, 0.15) is 11.5 Å². The summed E-state index contributed by atoms with van der Waals surface area (Å²) >= 11 is 0. The van der Waals surface area contributed by atoms with Gasteiger partial charge in [-0.3, -0.25) is 0 Å². The maximum atomic E-state index is 10.6. The Morgan fingerprint density at radius 1 is 0.552 bits per heavy atom. The van der Waals surface area contributed by atoms with Crippen molar-refractivity contribution in [2.45, 2.75) is 19.3 Å². The van der Waals surface area contributed by atoms with Crippen LogP contribution in [0.25, 0.3) is 11.1 Å². The van der Waals surface area contributed by atoms with E-state index in [0.29, 0.717) is 0 Å². The minimum Gasteiger partial charge on any atom is -0.508 e. The number of phenolic OH excluding ortho intramolecular Hbond substituents is 2. The first-order valence-corrected chi connectivity index (χ1v) is 9.83. The maximum absolute atomic E-state index is 10.6. The largest absolute Gasteiger partial charge is 0.508 e. The van der Waals surface area contributed by atoms with Crippen molar-refractivity contribution in [1.82, 2.24) is 0 Å². The molecule has 0 atom stereocenters. The minimum absolute atomic E-state index is 0.278. The number of benzene rings is 4. The molecule has 2 N–H and O–H groups in total. The Bertz CT molecular complexity index is 1150. The second-order valence-electron chi connectivity index (χ2n) is 7.84. The van der Waals surface area contributed by atoms with Gasteiger partial charge in [0.15, 0.2) is 0 Å². The lowest BCUT2D eigenvalue weighted by Gasteiger charge is -2.34. The van der Waals surface area contributed by atoms with Gasteiger partial charge in [-0.1, -0.05) is 72.8 Å². The molecule has 4 aromatic rings. The molecule has 142 valence electrons. The molecule has 0 bridgehead atoms. The number of rotatable bonds is 2. The quantitative estimate of drug-likeness (QED) is 0.391. The van der Waals surface area contributed by atoms with E-state index < -0.39 is 5.41 Å². The fraction of sp³-hybridized carbons (Fsp3) is 0.111. The van der Waals surface area contributed by atoms with E-state index in [1.807, 2.05) is 38.1 Å². The molecule has 1 aliphatic carbocycles. The van der Waals surface area contributed by atoms with E-state index in [2.05, 4.69) is 60.7 Å². The topological polar surface area (TPSA) is 40.5 Å². The minimum atomic E-state index is -0.608. The van der Waals surface area contributed by atoms with Crippen LogP contribution in [0.5, 0.6) is 11.5 Å².